The molecular weight excluding hydrogens is 492 g/mol. The van der Waals surface area contributed by atoms with Crippen molar-refractivity contribution in [3.05, 3.63) is 94.8 Å². The van der Waals surface area contributed by atoms with E-state index < -0.39 is 17.7 Å². The summed E-state index contributed by atoms with van der Waals surface area (Å²) < 4.78 is 11.7. The smallest absolute Gasteiger partial charge is 0.295 e. The summed E-state index contributed by atoms with van der Waals surface area (Å²) in [5.41, 5.74) is 2.87. The molecule has 7 heteroatoms. The second-order valence-electron chi connectivity index (χ2n) is 10.4. The minimum absolute atomic E-state index is 0.0452. The summed E-state index contributed by atoms with van der Waals surface area (Å²) in [5.74, 6) is 0.204. The number of pyridine rings is 1. The minimum atomic E-state index is -0.804. The number of ether oxygens (including phenoxy) is 2. The van der Waals surface area contributed by atoms with Crippen LogP contribution < -0.4 is 9.47 Å². The van der Waals surface area contributed by atoms with Crippen molar-refractivity contribution in [1.82, 2.24) is 9.88 Å². The second kappa shape index (κ2) is 12.2. The van der Waals surface area contributed by atoms with Gasteiger partial charge in [-0.15, -0.1) is 0 Å². The molecule has 0 bridgehead atoms. The van der Waals surface area contributed by atoms with Crippen molar-refractivity contribution in [2.45, 2.75) is 53.1 Å². The lowest BCUT2D eigenvalue weighted by Gasteiger charge is -2.26. The van der Waals surface area contributed by atoms with Crippen molar-refractivity contribution in [2.75, 3.05) is 13.2 Å². The third kappa shape index (κ3) is 6.14. The Balaban J connectivity index is 1.85. The molecule has 1 aliphatic rings. The number of aliphatic hydroxyl groups is 1. The Bertz CT molecular complexity index is 1360. The molecule has 1 saturated heterocycles. The van der Waals surface area contributed by atoms with Crippen LogP contribution in [0.25, 0.3) is 5.76 Å². The highest BCUT2D eigenvalue weighted by Crippen LogP contribution is 2.42. The molecule has 204 valence electrons. The fourth-order valence-corrected chi connectivity index (χ4v) is 4.70. The lowest BCUT2D eigenvalue weighted by molar-refractivity contribution is -0.140. The van der Waals surface area contributed by atoms with E-state index in [2.05, 4.69) is 18.8 Å². The quantitative estimate of drug-likeness (QED) is 0.190. The topological polar surface area (TPSA) is 89.0 Å². The van der Waals surface area contributed by atoms with Crippen molar-refractivity contribution in [2.24, 2.45) is 5.92 Å². The second-order valence-corrected chi connectivity index (χ2v) is 10.4. The van der Waals surface area contributed by atoms with E-state index in [9.17, 15) is 14.7 Å². The van der Waals surface area contributed by atoms with Crippen LogP contribution in [0.5, 0.6) is 11.5 Å². The molecule has 1 unspecified atom stereocenters. The maximum absolute atomic E-state index is 13.5. The van der Waals surface area contributed by atoms with E-state index in [-0.39, 0.29) is 23.8 Å². The number of Topliss-reactive ketones (excluding diaryl/α,β-unsaturated/α-hetero) is 1. The average Bonchev–Trinajstić information content (AvgIpc) is 3.17. The molecule has 1 N–H and O–H groups in total. The number of rotatable bonds is 10. The number of aliphatic hydroxyl groups excluding tert-OH is 1. The van der Waals surface area contributed by atoms with Crippen molar-refractivity contribution >= 4 is 17.4 Å². The van der Waals surface area contributed by atoms with Crippen molar-refractivity contribution < 1.29 is 24.2 Å². The fourth-order valence-electron chi connectivity index (χ4n) is 4.70. The SMILES string of the molecule is CCOc1ccc(/C(O)=C2\C(=O)C(=O)N(Cc3cccnc3)C2c2cccc(OCC(C)C)c2)cc1C(C)C. The first-order chi connectivity index (χ1) is 18.7. The molecular formula is C32H36N2O5. The number of carbonyl (C=O) groups excluding carboxylic acids is 2. The number of hydrogen-bond donors (Lipinski definition) is 1. The Kier molecular flexibility index (Phi) is 8.69. The molecule has 0 saturated carbocycles. The molecule has 0 spiro atoms. The molecule has 4 rings (SSSR count). The highest BCUT2D eigenvalue weighted by atomic mass is 16.5. The predicted octanol–water partition coefficient (Wildman–Crippen LogP) is 6.26. The zero-order chi connectivity index (χ0) is 28.1. The van der Waals surface area contributed by atoms with Gasteiger partial charge in [0, 0.05) is 24.5 Å². The third-order valence-electron chi connectivity index (χ3n) is 6.58. The van der Waals surface area contributed by atoms with Crippen LogP contribution in [0, 0.1) is 5.92 Å². The molecule has 1 aromatic heterocycles. The number of hydrogen-bond acceptors (Lipinski definition) is 6. The van der Waals surface area contributed by atoms with Crippen LogP contribution in [0.15, 0.2) is 72.6 Å². The van der Waals surface area contributed by atoms with Gasteiger partial charge < -0.3 is 19.5 Å². The Labute approximate surface area is 230 Å². The van der Waals surface area contributed by atoms with Gasteiger partial charge in [0.05, 0.1) is 24.8 Å². The molecule has 2 aromatic carbocycles. The first-order valence-corrected chi connectivity index (χ1v) is 13.4. The molecule has 3 aromatic rings. The molecule has 7 nitrogen and oxygen atoms in total. The maximum atomic E-state index is 13.5. The van der Waals surface area contributed by atoms with E-state index in [0.29, 0.717) is 36.0 Å². The first-order valence-electron chi connectivity index (χ1n) is 13.4. The summed E-state index contributed by atoms with van der Waals surface area (Å²) >= 11 is 0. The van der Waals surface area contributed by atoms with Gasteiger partial charge in [0.25, 0.3) is 11.7 Å². The van der Waals surface area contributed by atoms with Gasteiger partial charge in [0.15, 0.2) is 0 Å². The summed E-state index contributed by atoms with van der Waals surface area (Å²) in [7, 11) is 0. The van der Waals surface area contributed by atoms with Gasteiger partial charge in [-0.3, -0.25) is 14.6 Å². The van der Waals surface area contributed by atoms with Gasteiger partial charge >= 0.3 is 0 Å². The molecule has 1 aliphatic heterocycles. The fraction of sp³-hybridized carbons (Fsp3) is 0.344. The molecule has 2 heterocycles. The maximum Gasteiger partial charge on any atom is 0.295 e. The Hall–Kier alpha value is -4.13. The molecule has 1 atom stereocenters. The van der Waals surface area contributed by atoms with E-state index >= 15 is 0 Å². The summed E-state index contributed by atoms with van der Waals surface area (Å²) in [6, 6.07) is 15.6. The van der Waals surface area contributed by atoms with Crippen LogP contribution in [0.1, 0.15) is 68.8 Å². The molecule has 39 heavy (non-hydrogen) atoms. The van der Waals surface area contributed by atoms with E-state index in [1.54, 1.807) is 30.6 Å². The summed E-state index contributed by atoms with van der Waals surface area (Å²) in [6.45, 7) is 11.3. The van der Waals surface area contributed by atoms with Crippen LogP contribution in [-0.2, 0) is 16.1 Å². The lowest BCUT2D eigenvalue weighted by atomic mass is 9.93. The number of amides is 1. The largest absolute Gasteiger partial charge is 0.507 e. The van der Waals surface area contributed by atoms with Crippen LogP contribution in [0.4, 0.5) is 0 Å². The van der Waals surface area contributed by atoms with Crippen LogP contribution in [-0.4, -0.2) is 39.9 Å². The number of nitrogens with zero attached hydrogens (tertiary/aromatic N) is 2. The van der Waals surface area contributed by atoms with Gasteiger partial charge in [-0.05, 0) is 71.8 Å². The summed E-state index contributed by atoms with van der Waals surface area (Å²) in [4.78, 5) is 32.6. The monoisotopic (exact) mass is 528 g/mol. The number of carbonyl (C=O) groups is 2. The Morgan fingerprint density at radius 1 is 1.03 bits per heavy atom. The molecule has 1 fully saturated rings. The third-order valence-corrected chi connectivity index (χ3v) is 6.58. The van der Waals surface area contributed by atoms with E-state index in [1.165, 1.54) is 4.90 Å². The normalized spacial score (nSPS) is 16.8. The first kappa shape index (κ1) is 27.9. The summed E-state index contributed by atoms with van der Waals surface area (Å²) in [5, 5.41) is 11.6. The predicted molar refractivity (Wildman–Crippen MR) is 151 cm³/mol. The van der Waals surface area contributed by atoms with Gasteiger partial charge in [0.2, 0.25) is 0 Å². The number of likely N-dealkylation sites (tertiary alicyclic amines) is 1. The molecule has 1 amide bonds. The van der Waals surface area contributed by atoms with E-state index in [0.717, 1.165) is 16.9 Å². The Morgan fingerprint density at radius 3 is 2.49 bits per heavy atom. The van der Waals surface area contributed by atoms with E-state index in [1.807, 2.05) is 57.2 Å². The van der Waals surface area contributed by atoms with Crippen LogP contribution in [0.2, 0.25) is 0 Å². The van der Waals surface area contributed by atoms with Crippen LogP contribution in [0.3, 0.4) is 0 Å². The highest BCUT2D eigenvalue weighted by Gasteiger charge is 2.46. The van der Waals surface area contributed by atoms with Crippen molar-refractivity contribution in [3.8, 4) is 11.5 Å². The van der Waals surface area contributed by atoms with Gasteiger partial charge in [0.1, 0.15) is 17.3 Å². The Morgan fingerprint density at radius 2 is 1.82 bits per heavy atom. The summed E-state index contributed by atoms with van der Waals surface area (Å²) in [6.07, 6.45) is 3.32. The zero-order valence-electron chi connectivity index (χ0n) is 23.2. The van der Waals surface area contributed by atoms with Crippen molar-refractivity contribution in [3.63, 3.8) is 0 Å². The van der Waals surface area contributed by atoms with Gasteiger partial charge in [-0.25, -0.2) is 0 Å². The number of ketones is 1. The van der Waals surface area contributed by atoms with Gasteiger partial charge in [-0.2, -0.15) is 0 Å². The number of benzene rings is 2. The lowest BCUT2D eigenvalue weighted by Crippen LogP contribution is -2.29. The van der Waals surface area contributed by atoms with Crippen molar-refractivity contribution in [1.29, 1.82) is 0 Å². The van der Waals surface area contributed by atoms with E-state index in [4.69, 9.17) is 9.47 Å². The minimum Gasteiger partial charge on any atom is -0.507 e. The van der Waals surface area contributed by atoms with Crippen LogP contribution >= 0.6 is 0 Å². The standard InChI is InChI=1S/C32H36N2O5/c1-6-38-27-13-12-24(16-26(27)21(4)5)30(35)28-29(23-10-7-11-25(15-23)39-19-20(2)3)34(32(37)31(28)36)18-22-9-8-14-33-17-22/h7-17,20-21,29,35H,6,18-19H2,1-5H3/b30-28+. The zero-order valence-corrected chi connectivity index (χ0v) is 23.2. The average molecular weight is 529 g/mol. The number of aromatic nitrogens is 1. The molecule has 0 radical (unpaired) electrons. The highest BCUT2D eigenvalue weighted by molar-refractivity contribution is 6.46. The van der Waals surface area contributed by atoms with Gasteiger partial charge in [-0.1, -0.05) is 45.9 Å². The molecule has 0 aliphatic carbocycles.